The van der Waals surface area contributed by atoms with Crippen molar-refractivity contribution in [2.75, 3.05) is 46.4 Å². The molecule has 3 atom stereocenters. The van der Waals surface area contributed by atoms with Gasteiger partial charge in [-0.15, -0.1) is 0 Å². The average molecular weight is 503 g/mol. The quantitative estimate of drug-likeness (QED) is 0.410. The van der Waals surface area contributed by atoms with Gasteiger partial charge in [0, 0.05) is 62.9 Å². The third kappa shape index (κ3) is 6.25. The van der Waals surface area contributed by atoms with Crippen LogP contribution in [0.5, 0.6) is 17.2 Å². The van der Waals surface area contributed by atoms with Crippen molar-refractivity contribution in [3.05, 3.63) is 89.5 Å². The summed E-state index contributed by atoms with van der Waals surface area (Å²) in [5.41, 5.74) is 10.1. The molecule has 5 rings (SSSR count). The zero-order valence-corrected chi connectivity index (χ0v) is 21.8. The topological polar surface area (TPSA) is 69.2 Å². The van der Waals surface area contributed by atoms with Crippen LogP contribution in [0.1, 0.15) is 35.6 Å². The average Bonchev–Trinajstić information content (AvgIpc) is 3.31. The maximum absolute atomic E-state index is 10.9. The van der Waals surface area contributed by atoms with Crippen LogP contribution in [0.2, 0.25) is 0 Å². The summed E-state index contributed by atoms with van der Waals surface area (Å²) in [5, 5.41) is 10.9. The molecule has 2 aliphatic heterocycles. The van der Waals surface area contributed by atoms with Crippen LogP contribution in [0.25, 0.3) is 0 Å². The number of aromatic hydroxyl groups is 1. The van der Waals surface area contributed by atoms with Crippen LogP contribution in [0, 0.1) is 0 Å². The second kappa shape index (κ2) is 12.0. The molecule has 0 spiro atoms. The summed E-state index contributed by atoms with van der Waals surface area (Å²) in [7, 11) is 1.67. The highest BCUT2D eigenvalue weighted by Gasteiger charge is 2.36. The fourth-order valence-electron chi connectivity index (χ4n) is 5.45. The van der Waals surface area contributed by atoms with Crippen LogP contribution >= 0.6 is 0 Å². The number of piperazine rings is 1. The highest BCUT2D eigenvalue weighted by atomic mass is 16.5. The predicted molar refractivity (Wildman–Crippen MR) is 146 cm³/mol. The van der Waals surface area contributed by atoms with Crippen molar-refractivity contribution in [3.8, 4) is 17.2 Å². The van der Waals surface area contributed by atoms with E-state index in [4.69, 9.17) is 9.47 Å². The van der Waals surface area contributed by atoms with Gasteiger partial charge in [0.2, 0.25) is 0 Å². The molecule has 0 amide bonds. The first-order valence-electron chi connectivity index (χ1n) is 13.2. The van der Waals surface area contributed by atoms with Gasteiger partial charge in [-0.25, -0.2) is 5.43 Å². The zero-order valence-electron chi connectivity index (χ0n) is 21.8. The first-order chi connectivity index (χ1) is 18.1. The van der Waals surface area contributed by atoms with Crippen LogP contribution < -0.4 is 20.3 Å². The van der Waals surface area contributed by atoms with E-state index in [1.807, 2.05) is 24.3 Å². The molecule has 2 fully saturated rings. The van der Waals surface area contributed by atoms with Crippen molar-refractivity contribution in [1.82, 2.24) is 20.7 Å². The van der Waals surface area contributed by atoms with Gasteiger partial charge in [0.25, 0.3) is 0 Å². The van der Waals surface area contributed by atoms with E-state index < -0.39 is 0 Å². The van der Waals surface area contributed by atoms with E-state index in [2.05, 4.69) is 70.0 Å². The monoisotopic (exact) mass is 502 g/mol. The minimum absolute atomic E-state index is 0.0513. The van der Waals surface area contributed by atoms with Crippen molar-refractivity contribution >= 4 is 0 Å². The van der Waals surface area contributed by atoms with Crippen molar-refractivity contribution < 1.29 is 14.6 Å². The van der Waals surface area contributed by atoms with E-state index in [1.54, 1.807) is 13.2 Å². The molecule has 0 aromatic heterocycles. The Hall–Kier alpha value is -3.10. The number of hydrazine groups is 1. The first kappa shape index (κ1) is 25.5. The third-order valence-corrected chi connectivity index (χ3v) is 7.59. The van der Waals surface area contributed by atoms with Gasteiger partial charge < -0.3 is 14.6 Å². The summed E-state index contributed by atoms with van der Waals surface area (Å²) in [6.45, 7) is 8.88. The Balaban J connectivity index is 1.12. The Kier molecular flexibility index (Phi) is 8.26. The fourth-order valence-corrected chi connectivity index (χ4v) is 5.45. The Morgan fingerprint density at radius 2 is 1.57 bits per heavy atom. The molecule has 0 aliphatic carbocycles. The first-order valence-corrected chi connectivity index (χ1v) is 13.2. The van der Waals surface area contributed by atoms with Gasteiger partial charge in [0.15, 0.2) is 0 Å². The number of phenols is 1. The number of nitrogens with one attached hydrogen (secondary N) is 2. The van der Waals surface area contributed by atoms with Crippen molar-refractivity contribution in [1.29, 1.82) is 0 Å². The summed E-state index contributed by atoms with van der Waals surface area (Å²) in [5.74, 6) is 1.96. The lowest BCUT2D eigenvalue weighted by Gasteiger charge is -2.34. The SMILES string of the molecule is COc1ccc(C2C(C)NNC2c2ccc(OCCN3CCN(Cc4ccccc4)CC3)cc2O)cc1. The molecule has 3 aromatic rings. The summed E-state index contributed by atoms with van der Waals surface area (Å²) in [4.78, 5) is 4.96. The number of hydrogen-bond acceptors (Lipinski definition) is 7. The van der Waals surface area contributed by atoms with Crippen molar-refractivity contribution in [2.24, 2.45) is 0 Å². The largest absolute Gasteiger partial charge is 0.507 e. The second-order valence-electron chi connectivity index (χ2n) is 10.0. The Labute approximate surface area is 220 Å². The van der Waals surface area contributed by atoms with Crippen LogP contribution in [0.4, 0.5) is 0 Å². The van der Waals surface area contributed by atoms with Gasteiger partial charge in [-0.05, 0) is 36.2 Å². The van der Waals surface area contributed by atoms with E-state index in [0.29, 0.717) is 12.4 Å². The molecule has 7 heteroatoms. The molecule has 0 radical (unpaired) electrons. The maximum atomic E-state index is 10.9. The molecule has 3 aromatic carbocycles. The van der Waals surface area contributed by atoms with Crippen LogP contribution in [-0.4, -0.2) is 67.4 Å². The van der Waals surface area contributed by atoms with Crippen molar-refractivity contribution in [2.45, 2.75) is 31.5 Å². The summed E-state index contributed by atoms with van der Waals surface area (Å²) in [6, 6.07) is 24.7. The van der Waals surface area contributed by atoms with Gasteiger partial charge in [-0.1, -0.05) is 48.5 Å². The molecular formula is C30H38N4O3. The molecule has 2 saturated heterocycles. The zero-order chi connectivity index (χ0) is 25.6. The van der Waals surface area contributed by atoms with Crippen molar-refractivity contribution in [3.63, 3.8) is 0 Å². The second-order valence-corrected chi connectivity index (χ2v) is 10.0. The standard InChI is InChI=1S/C30H38N4O3/c1-22-29(24-8-10-25(36-2)11-9-24)30(32-31-22)27-13-12-26(20-28(27)35)37-19-18-33-14-16-34(17-15-33)21-23-6-4-3-5-7-23/h3-13,20,22,29-32,35H,14-19,21H2,1-2H3. The Morgan fingerprint density at radius 1 is 0.865 bits per heavy atom. The van der Waals surface area contributed by atoms with Crippen LogP contribution in [0.15, 0.2) is 72.8 Å². The normalized spacial score (nSPS) is 22.7. The predicted octanol–water partition coefficient (Wildman–Crippen LogP) is 3.92. The number of hydrogen-bond donors (Lipinski definition) is 3. The molecule has 3 N–H and O–H groups in total. The number of benzene rings is 3. The van der Waals surface area contributed by atoms with Gasteiger partial charge in [0.1, 0.15) is 23.9 Å². The van der Waals surface area contributed by atoms with E-state index in [1.165, 1.54) is 11.1 Å². The molecule has 2 heterocycles. The van der Waals surface area contributed by atoms with Gasteiger partial charge in [-0.2, -0.15) is 0 Å². The smallest absolute Gasteiger partial charge is 0.124 e. The molecule has 2 aliphatic rings. The lowest BCUT2D eigenvalue weighted by molar-refractivity contribution is 0.112. The number of phenolic OH excluding ortho intramolecular Hbond substituents is 1. The van der Waals surface area contributed by atoms with Gasteiger partial charge in [0.05, 0.1) is 13.2 Å². The molecular weight excluding hydrogens is 464 g/mol. The Morgan fingerprint density at radius 3 is 2.27 bits per heavy atom. The maximum Gasteiger partial charge on any atom is 0.124 e. The lowest BCUT2D eigenvalue weighted by Crippen LogP contribution is -2.47. The molecule has 7 nitrogen and oxygen atoms in total. The molecule has 196 valence electrons. The fraction of sp³-hybridized carbons (Fsp3) is 0.400. The third-order valence-electron chi connectivity index (χ3n) is 7.59. The van der Waals surface area contributed by atoms with E-state index in [-0.39, 0.29) is 23.8 Å². The summed E-state index contributed by atoms with van der Waals surface area (Å²) in [6.07, 6.45) is 0. The Bertz CT molecular complexity index is 1130. The number of rotatable bonds is 9. The molecule has 0 bridgehead atoms. The number of methoxy groups -OCH3 is 1. The molecule has 0 saturated carbocycles. The molecule has 37 heavy (non-hydrogen) atoms. The van der Waals surface area contributed by atoms with E-state index >= 15 is 0 Å². The minimum atomic E-state index is -0.0513. The van der Waals surface area contributed by atoms with Crippen LogP contribution in [-0.2, 0) is 6.54 Å². The highest BCUT2D eigenvalue weighted by Crippen LogP contribution is 2.41. The van der Waals surface area contributed by atoms with E-state index in [9.17, 15) is 5.11 Å². The van der Waals surface area contributed by atoms with E-state index in [0.717, 1.165) is 50.6 Å². The summed E-state index contributed by atoms with van der Waals surface area (Å²) < 4.78 is 11.3. The highest BCUT2D eigenvalue weighted by molar-refractivity contribution is 5.44. The lowest BCUT2D eigenvalue weighted by atomic mass is 9.84. The number of nitrogens with zero attached hydrogens (tertiary/aromatic N) is 2. The van der Waals surface area contributed by atoms with Crippen LogP contribution in [0.3, 0.4) is 0 Å². The van der Waals surface area contributed by atoms with Gasteiger partial charge in [-0.3, -0.25) is 15.2 Å². The molecule has 3 unspecified atom stereocenters. The van der Waals surface area contributed by atoms with Gasteiger partial charge >= 0.3 is 0 Å². The number of ether oxygens (including phenoxy) is 2. The summed E-state index contributed by atoms with van der Waals surface area (Å²) >= 11 is 0. The minimum Gasteiger partial charge on any atom is -0.507 e.